The van der Waals surface area contributed by atoms with Crippen LogP contribution in [-0.4, -0.2) is 29.0 Å². The summed E-state index contributed by atoms with van der Waals surface area (Å²) in [6.45, 7) is 6.42. The molecule has 2 aromatic rings. The second-order valence-electron chi connectivity index (χ2n) is 4.82. The Balaban J connectivity index is 0.00000128. The Morgan fingerprint density at radius 1 is 1.06 bits per heavy atom. The molecule has 16 heavy (non-hydrogen) atoms. The molecule has 0 aliphatic heterocycles. The Morgan fingerprint density at radius 3 is 2.38 bits per heavy atom. The number of aromatic nitrogens is 1. The van der Waals surface area contributed by atoms with Crippen molar-refractivity contribution in [3.05, 3.63) is 36.0 Å². The van der Waals surface area contributed by atoms with E-state index in [2.05, 4.69) is 25.8 Å². The van der Waals surface area contributed by atoms with Gasteiger partial charge in [0.05, 0.1) is 5.52 Å². The van der Waals surface area contributed by atoms with Crippen molar-refractivity contribution < 1.29 is 5.11 Å². The van der Waals surface area contributed by atoms with E-state index in [1.165, 1.54) is 0 Å². The first kappa shape index (κ1) is 13.1. The van der Waals surface area contributed by atoms with Crippen LogP contribution >= 0.6 is 0 Å². The van der Waals surface area contributed by atoms with Crippen LogP contribution in [0.2, 0.25) is 0 Å². The van der Waals surface area contributed by atoms with Gasteiger partial charge in [-0.2, -0.15) is 0 Å². The number of aromatic hydroxyl groups is 1. The quantitative estimate of drug-likeness (QED) is 0.676. The van der Waals surface area contributed by atoms with Gasteiger partial charge in [-0.25, -0.2) is 0 Å². The molecule has 0 saturated carbocycles. The SMILES string of the molecule is CC(C)(C)c1ccc2cc(O)ccc2n1.[LiH]. The maximum absolute atomic E-state index is 9.33. The summed E-state index contributed by atoms with van der Waals surface area (Å²) in [7, 11) is 0. The van der Waals surface area contributed by atoms with E-state index in [1.54, 1.807) is 12.1 Å². The Labute approximate surface area is 108 Å². The van der Waals surface area contributed by atoms with Crippen molar-refractivity contribution in [2.75, 3.05) is 0 Å². The summed E-state index contributed by atoms with van der Waals surface area (Å²) < 4.78 is 0. The van der Waals surface area contributed by atoms with E-state index in [1.807, 2.05) is 18.2 Å². The van der Waals surface area contributed by atoms with Gasteiger partial charge in [-0.15, -0.1) is 0 Å². The standard InChI is InChI=1S/C13H15NO.Li.H/c1-13(2,3)12-7-4-9-8-10(15)5-6-11(9)14-12;;/h4-8,15H,1-3H3;;. The molecular weight excluding hydrogens is 193 g/mol. The molecule has 0 unspecified atom stereocenters. The molecule has 0 aliphatic carbocycles. The van der Waals surface area contributed by atoms with Crippen LogP contribution in [0, 0.1) is 0 Å². The summed E-state index contributed by atoms with van der Waals surface area (Å²) in [6.07, 6.45) is 0. The van der Waals surface area contributed by atoms with Crippen LogP contribution in [-0.2, 0) is 5.41 Å². The average Bonchev–Trinajstić information content (AvgIpc) is 2.15. The molecular formula is C13H16LiNO. The molecule has 0 fully saturated rings. The molecule has 1 aromatic carbocycles. The van der Waals surface area contributed by atoms with E-state index in [9.17, 15) is 5.11 Å². The zero-order valence-corrected chi connectivity index (χ0v) is 9.28. The molecule has 80 valence electrons. The predicted molar refractivity (Wildman–Crippen MR) is 69.3 cm³/mol. The van der Waals surface area contributed by atoms with Gasteiger partial charge in [-0.1, -0.05) is 26.8 Å². The van der Waals surface area contributed by atoms with Crippen LogP contribution in [0.15, 0.2) is 30.3 Å². The number of hydrogen-bond donors (Lipinski definition) is 1. The van der Waals surface area contributed by atoms with E-state index >= 15 is 0 Å². The number of nitrogens with zero attached hydrogens (tertiary/aromatic N) is 1. The molecule has 3 heteroatoms. The van der Waals surface area contributed by atoms with Gasteiger partial charge in [0.15, 0.2) is 0 Å². The summed E-state index contributed by atoms with van der Waals surface area (Å²) in [6, 6.07) is 9.26. The topological polar surface area (TPSA) is 33.1 Å². The molecule has 1 heterocycles. The van der Waals surface area contributed by atoms with E-state index < -0.39 is 0 Å². The van der Waals surface area contributed by atoms with E-state index in [4.69, 9.17) is 0 Å². The fourth-order valence-electron chi connectivity index (χ4n) is 1.53. The molecule has 1 N–H and O–H groups in total. The molecule has 0 amide bonds. The average molecular weight is 209 g/mol. The third-order valence-electron chi connectivity index (χ3n) is 2.44. The van der Waals surface area contributed by atoms with Crippen molar-refractivity contribution in [1.29, 1.82) is 0 Å². The van der Waals surface area contributed by atoms with Gasteiger partial charge in [0.2, 0.25) is 0 Å². The number of phenols is 1. The van der Waals surface area contributed by atoms with Crippen molar-refractivity contribution in [2.24, 2.45) is 0 Å². The predicted octanol–water partition coefficient (Wildman–Crippen LogP) is 2.59. The first-order valence-corrected chi connectivity index (χ1v) is 5.07. The first-order valence-electron chi connectivity index (χ1n) is 5.07. The van der Waals surface area contributed by atoms with Crippen LogP contribution < -0.4 is 0 Å². The summed E-state index contributed by atoms with van der Waals surface area (Å²) in [5, 5.41) is 10.3. The van der Waals surface area contributed by atoms with Gasteiger partial charge in [-0.3, -0.25) is 4.98 Å². The first-order chi connectivity index (χ1) is 6.97. The fourth-order valence-corrected chi connectivity index (χ4v) is 1.53. The number of benzene rings is 1. The summed E-state index contributed by atoms with van der Waals surface area (Å²) in [5.41, 5.74) is 2.06. The van der Waals surface area contributed by atoms with Gasteiger partial charge in [0.1, 0.15) is 5.75 Å². The Kier molecular flexibility index (Phi) is 3.67. The van der Waals surface area contributed by atoms with Crippen LogP contribution in [0.3, 0.4) is 0 Å². The number of pyridine rings is 1. The third-order valence-corrected chi connectivity index (χ3v) is 2.44. The van der Waals surface area contributed by atoms with Crippen LogP contribution in [0.4, 0.5) is 0 Å². The van der Waals surface area contributed by atoms with Crippen molar-refractivity contribution in [1.82, 2.24) is 4.98 Å². The van der Waals surface area contributed by atoms with Gasteiger partial charge in [-0.05, 0) is 24.3 Å². The minimum atomic E-state index is 0. The number of phenolic OH excluding ortho intramolecular Hbond substituents is 1. The van der Waals surface area contributed by atoms with E-state index in [0.29, 0.717) is 0 Å². The molecule has 0 atom stereocenters. The van der Waals surface area contributed by atoms with Crippen LogP contribution in [0.5, 0.6) is 5.75 Å². The zero-order valence-electron chi connectivity index (χ0n) is 9.28. The second kappa shape index (κ2) is 4.49. The summed E-state index contributed by atoms with van der Waals surface area (Å²) in [4.78, 5) is 4.58. The Morgan fingerprint density at radius 2 is 1.75 bits per heavy atom. The van der Waals surface area contributed by atoms with Gasteiger partial charge < -0.3 is 5.11 Å². The third kappa shape index (κ3) is 2.58. The van der Waals surface area contributed by atoms with E-state index in [-0.39, 0.29) is 30.0 Å². The minimum absolute atomic E-state index is 0. The van der Waals surface area contributed by atoms with Crippen LogP contribution in [0.1, 0.15) is 26.5 Å². The monoisotopic (exact) mass is 209 g/mol. The van der Waals surface area contributed by atoms with Crippen molar-refractivity contribution in [3.63, 3.8) is 0 Å². The Hall–Kier alpha value is -0.973. The van der Waals surface area contributed by atoms with Crippen molar-refractivity contribution in [2.45, 2.75) is 26.2 Å². The van der Waals surface area contributed by atoms with Crippen LogP contribution in [0.25, 0.3) is 10.9 Å². The number of rotatable bonds is 0. The Bertz CT molecular complexity index is 503. The van der Waals surface area contributed by atoms with E-state index in [0.717, 1.165) is 16.6 Å². The fraction of sp³-hybridized carbons (Fsp3) is 0.308. The number of fused-ring (bicyclic) bond motifs is 1. The molecule has 2 nitrogen and oxygen atoms in total. The molecule has 0 saturated heterocycles. The summed E-state index contributed by atoms with van der Waals surface area (Å²) in [5.74, 6) is 0.285. The maximum atomic E-state index is 9.33. The van der Waals surface area contributed by atoms with Gasteiger partial charge >= 0.3 is 18.9 Å². The number of hydrogen-bond acceptors (Lipinski definition) is 2. The molecule has 0 aliphatic rings. The van der Waals surface area contributed by atoms with Crippen molar-refractivity contribution in [3.8, 4) is 5.75 Å². The second-order valence-corrected chi connectivity index (χ2v) is 4.82. The zero-order chi connectivity index (χ0) is 11.1. The van der Waals surface area contributed by atoms with Gasteiger partial charge in [0.25, 0.3) is 0 Å². The molecule has 0 bridgehead atoms. The molecule has 2 rings (SSSR count). The molecule has 0 spiro atoms. The normalized spacial score (nSPS) is 11.2. The van der Waals surface area contributed by atoms with Gasteiger partial charge in [0, 0.05) is 16.5 Å². The van der Waals surface area contributed by atoms with Crippen molar-refractivity contribution >= 4 is 29.8 Å². The molecule has 1 aromatic heterocycles. The summed E-state index contributed by atoms with van der Waals surface area (Å²) >= 11 is 0. The molecule has 0 radical (unpaired) electrons.